The summed E-state index contributed by atoms with van der Waals surface area (Å²) in [4.78, 5) is 0. The first kappa shape index (κ1) is 15.2. The lowest BCUT2D eigenvalue weighted by atomic mass is 9.99. The van der Waals surface area contributed by atoms with Crippen molar-refractivity contribution in [1.82, 2.24) is 0 Å². The van der Waals surface area contributed by atoms with E-state index in [0.717, 1.165) is 11.1 Å². The number of aliphatic hydroxyl groups excluding tert-OH is 1. The Hall–Kier alpha value is -2.20. The summed E-state index contributed by atoms with van der Waals surface area (Å²) in [6.45, 7) is 2.01. The quantitative estimate of drug-likeness (QED) is 0.918. The van der Waals surface area contributed by atoms with Gasteiger partial charge in [-0.15, -0.1) is 0 Å². The fourth-order valence-corrected chi connectivity index (χ4v) is 2.27. The molecule has 0 spiro atoms. The summed E-state index contributed by atoms with van der Waals surface area (Å²) in [5.74, 6) is 1.52. The lowest BCUT2D eigenvalue weighted by Crippen LogP contribution is -2.05. The topological polar surface area (TPSA) is 47.9 Å². The summed E-state index contributed by atoms with van der Waals surface area (Å²) in [6, 6.07) is 11.3. The molecule has 2 rings (SSSR count). The van der Waals surface area contributed by atoms with Crippen LogP contribution in [0.25, 0.3) is 0 Å². The molecule has 2 aromatic rings. The molecule has 2 aromatic carbocycles. The van der Waals surface area contributed by atoms with Gasteiger partial charge in [-0.2, -0.15) is 0 Å². The normalized spacial score (nSPS) is 11.9. The van der Waals surface area contributed by atoms with Gasteiger partial charge in [-0.25, -0.2) is 0 Å². The molecular weight excluding hydrogens is 268 g/mol. The molecule has 1 N–H and O–H groups in total. The number of hydrogen-bond acceptors (Lipinski definition) is 4. The van der Waals surface area contributed by atoms with Crippen molar-refractivity contribution >= 4 is 0 Å². The van der Waals surface area contributed by atoms with Gasteiger partial charge in [0, 0.05) is 5.56 Å². The lowest BCUT2D eigenvalue weighted by molar-refractivity contribution is 0.212. The van der Waals surface area contributed by atoms with Crippen LogP contribution in [0.15, 0.2) is 36.4 Å². The molecule has 4 nitrogen and oxygen atoms in total. The van der Waals surface area contributed by atoms with Crippen LogP contribution in [-0.2, 0) is 0 Å². The van der Waals surface area contributed by atoms with Crippen LogP contribution in [0, 0.1) is 6.92 Å². The minimum absolute atomic E-state index is 0.476. The molecule has 0 radical (unpaired) electrons. The number of benzene rings is 2. The number of hydrogen-bond donors (Lipinski definition) is 1. The van der Waals surface area contributed by atoms with Gasteiger partial charge in [-0.05, 0) is 24.6 Å². The average molecular weight is 288 g/mol. The molecule has 0 aliphatic heterocycles. The van der Waals surface area contributed by atoms with E-state index in [1.165, 1.54) is 0 Å². The average Bonchev–Trinajstić information content (AvgIpc) is 2.53. The zero-order valence-electron chi connectivity index (χ0n) is 12.7. The predicted octanol–water partition coefficient (Wildman–Crippen LogP) is 3.10. The Morgan fingerprint density at radius 1 is 0.810 bits per heavy atom. The summed E-state index contributed by atoms with van der Waals surface area (Å²) in [6.07, 6.45) is -0.791. The highest BCUT2D eigenvalue weighted by molar-refractivity contribution is 5.57. The molecule has 0 saturated heterocycles. The smallest absolute Gasteiger partial charge is 0.203 e. The van der Waals surface area contributed by atoms with Crippen molar-refractivity contribution < 1.29 is 19.3 Å². The fourth-order valence-electron chi connectivity index (χ4n) is 2.27. The molecule has 0 bridgehead atoms. The molecule has 4 heteroatoms. The SMILES string of the molecule is COc1ccc(C(O)c2ccc(C)cc2)c(OC)c1OC. The maximum atomic E-state index is 10.6. The summed E-state index contributed by atoms with van der Waals surface area (Å²) in [7, 11) is 4.65. The summed E-state index contributed by atoms with van der Waals surface area (Å²) >= 11 is 0. The van der Waals surface area contributed by atoms with Crippen LogP contribution in [-0.4, -0.2) is 26.4 Å². The number of rotatable bonds is 5. The molecule has 112 valence electrons. The Morgan fingerprint density at radius 3 is 1.95 bits per heavy atom. The van der Waals surface area contributed by atoms with Crippen LogP contribution >= 0.6 is 0 Å². The van der Waals surface area contributed by atoms with Crippen molar-refractivity contribution in [3.63, 3.8) is 0 Å². The summed E-state index contributed by atoms with van der Waals surface area (Å²) < 4.78 is 16.0. The van der Waals surface area contributed by atoms with Crippen LogP contribution in [0.3, 0.4) is 0 Å². The number of ether oxygens (including phenoxy) is 3. The Bertz CT molecular complexity index is 605. The van der Waals surface area contributed by atoms with Crippen molar-refractivity contribution in [2.24, 2.45) is 0 Å². The van der Waals surface area contributed by atoms with Crippen LogP contribution in [0.4, 0.5) is 0 Å². The van der Waals surface area contributed by atoms with Gasteiger partial charge in [0.05, 0.1) is 21.3 Å². The molecule has 0 amide bonds. The standard InChI is InChI=1S/C17H20O4/c1-11-5-7-12(8-6-11)15(18)13-9-10-14(19-2)17(21-4)16(13)20-3/h5-10,15,18H,1-4H3. The van der Waals surface area contributed by atoms with Crippen molar-refractivity contribution in [3.05, 3.63) is 53.1 Å². The third-order valence-electron chi connectivity index (χ3n) is 3.42. The van der Waals surface area contributed by atoms with E-state index in [1.54, 1.807) is 33.5 Å². The van der Waals surface area contributed by atoms with Gasteiger partial charge in [-0.1, -0.05) is 29.8 Å². The third kappa shape index (κ3) is 2.95. The number of aliphatic hydroxyl groups is 1. The summed E-state index contributed by atoms with van der Waals surface area (Å²) in [5, 5.41) is 10.6. The maximum absolute atomic E-state index is 10.6. The largest absolute Gasteiger partial charge is 0.493 e. The summed E-state index contributed by atoms with van der Waals surface area (Å²) in [5.41, 5.74) is 2.58. The minimum Gasteiger partial charge on any atom is -0.493 e. The van der Waals surface area contributed by atoms with E-state index >= 15 is 0 Å². The van der Waals surface area contributed by atoms with Gasteiger partial charge < -0.3 is 19.3 Å². The molecule has 0 fully saturated rings. The predicted molar refractivity (Wildman–Crippen MR) is 81.3 cm³/mol. The van der Waals surface area contributed by atoms with Gasteiger partial charge >= 0.3 is 0 Å². The molecule has 0 aliphatic rings. The zero-order valence-corrected chi connectivity index (χ0v) is 12.7. The van der Waals surface area contributed by atoms with Gasteiger partial charge in [0.25, 0.3) is 0 Å². The Balaban J connectivity index is 2.50. The Labute approximate surface area is 124 Å². The molecule has 0 heterocycles. The molecule has 21 heavy (non-hydrogen) atoms. The van der Waals surface area contributed by atoms with Crippen molar-refractivity contribution in [3.8, 4) is 17.2 Å². The van der Waals surface area contributed by atoms with E-state index in [2.05, 4.69) is 0 Å². The first-order chi connectivity index (χ1) is 10.1. The maximum Gasteiger partial charge on any atom is 0.203 e. The van der Waals surface area contributed by atoms with E-state index in [1.807, 2.05) is 31.2 Å². The number of aryl methyl sites for hydroxylation is 1. The van der Waals surface area contributed by atoms with E-state index in [4.69, 9.17) is 14.2 Å². The molecule has 0 aromatic heterocycles. The second-order valence-corrected chi connectivity index (χ2v) is 4.74. The highest BCUT2D eigenvalue weighted by atomic mass is 16.5. The minimum atomic E-state index is -0.791. The molecular formula is C17H20O4. The first-order valence-corrected chi connectivity index (χ1v) is 6.65. The molecule has 1 atom stereocenters. The van der Waals surface area contributed by atoms with Gasteiger partial charge in [0.15, 0.2) is 11.5 Å². The second-order valence-electron chi connectivity index (χ2n) is 4.74. The van der Waals surface area contributed by atoms with E-state index in [0.29, 0.717) is 22.8 Å². The first-order valence-electron chi connectivity index (χ1n) is 6.65. The van der Waals surface area contributed by atoms with Crippen LogP contribution in [0.1, 0.15) is 22.8 Å². The number of methoxy groups -OCH3 is 3. The molecule has 0 saturated carbocycles. The van der Waals surface area contributed by atoms with Crippen LogP contribution in [0.2, 0.25) is 0 Å². The van der Waals surface area contributed by atoms with Gasteiger partial charge in [-0.3, -0.25) is 0 Å². The highest BCUT2D eigenvalue weighted by Crippen LogP contribution is 2.43. The Morgan fingerprint density at radius 2 is 1.43 bits per heavy atom. The van der Waals surface area contributed by atoms with Crippen LogP contribution in [0.5, 0.6) is 17.2 Å². The highest BCUT2D eigenvalue weighted by Gasteiger charge is 2.21. The van der Waals surface area contributed by atoms with E-state index in [9.17, 15) is 5.11 Å². The monoisotopic (exact) mass is 288 g/mol. The van der Waals surface area contributed by atoms with Gasteiger partial charge in [0.2, 0.25) is 5.75 Å². The molecule has 0 aliphatic carbocycles. The van der Waals surface area contributed by atoms with Crippen molar-refractivity contribution in [2.45, 2.75) is 13.0 Å². The Kier molecular flexibility index (Phi) is 4.70. The van der Waals surface area contributed by atoms with Crippen molar-refractivity contribution in [1.29, 1.82) is 0 Å². The van der Waals surface area contributed by atoms with Crippen molar-refractivity contribution in [2.75, 3.05) is 21.3 Å². The van der Waals surface area contributed by atoms with Crippen LogP contribution < -0.4 is 14.2 Å². The third-order valence-corrected chi connectivity index (χ3v) is 3.42. The van der Waals surface area contributed by atoms with E-state index < -0.39 is 6.10 Å². The molecule has 1 unspecified atom stereocenters. The van der Waals surface area contributed by atoms with Gasteiger partial charge in [0.1, 0.15) is 6.10 Å². The lowest BCUT2D eigenvalue weighted by Gasteiger charge is -2.19. The zero-order chi connectivity index (χ0) is 15.4. The van der Waals surface area contributed by atoms with E-state index in [-0.39, 0.29) is 0 Å². The fraction of sp³-hybridized carbons (Fsp3) is 0.294. The second kappa shape index (κ2) is 6.50.